The average molecular weight is 328 g/mol. The molecule has 0 saturated heterocycles. The van der Waals surface area contributed by atoms with E-state index >= 15 is 0 Å². The Balaban J connectivity index is -0.000000135. The van der Waals surface area contributed by atoms with Crippen LogP contribution in [-0.2, 0) is 9.59 Å². The SMILES string of the molecule is NCCCC[C@H]([NH3+])C(=O)O.NCCCC[C@H]([NH3+])C(=O)O.[OH-].[OH-]. The maximum absolute atomic E-state index is 10.2. The van der Waals surface area contributed by atoms with Gasteiger partial charge in [-0.05, 0) is 38.8 Å². The topological polar surface area (TPSA) is 242 Å². The predicted octanol–water partition coefficient (Wildman–Crippen LogP) is -2.73. The molecule has 22 heavy (non-hydrogen) atoms. The third-order valence-corrected chi connectivity index (χ3v) is 2.71. The number of unbranched alkanes of at least 4 members (excludes halogenated alkanes) is 2. The number of carboxylic acid groups (broad SMARTS) is 2. The standard InChI is InChI=1S/2C6H14N2O2.2H2O/c2*7-4-2-1-3-5(8)6(9)10;;/h2*5H,1-4,7-8H2,(H,9,10);2*1H2/t2*5-;;/m00../s1. The third kappa shape index (κ3) is 21.0. The van der Waals surface area contributed by atoms with Gasteiger partial charge in [-0.2, -0.15) is 0 Å². The number of hydrogen-bond donors (Lipinski definition) is 6. The van der Waals surface area contributed by atoms with Crippen molar-refractivity contribution in [3.63, 3.8) is 0 Å². The molecule has 0 aromatic heterocycles. The van der Waals surface area contributed by atoms with Crippen LogP contribution in [0.3, 0.4) is 0 Å². The van der Waals surface area contributed by atoms with Crippen LogP contribution >= 0.6 is 0 Å². The fourth-order valence-corrected chi connectivity index (χ4v) is 1.32. The van der Waals surface area contributed by atoms with E-state index in [2.05, 4.69) is 11.5 Å². The van der Waals surface area contributed by atoms with Gasteiger partial charge in [0.1, 0.15) is 0 Å². The van der Waals surface area contributed by atoms with E-state index in [-0.39, 0.29) is 11.0 Å². The molecule has 0 heterocycles. The van der Waals surface area contributed by atoms with Crippen molar-refractivity contribution in [1.82, 2.24) is 0 Å². The van der Waals surface area contributed by atoms with Crippen LogP contribution in [0.25, 0.3) is 0 Å². The van der Waals surface area contributed by atoms with Crippen LogP contribution in [0.5, 0.6) is 0 Å². The molecule has 14 N–H and O–H groups in total. The third-order valence-electron chi connectivity index (χ3n) is 2.71. The highest BCUT2D eigenvalue weighted by atomic mass is 16.4. The van der Waals surface area contributed by atoms with E-state index in [0.29, 0.717) is 25.9 Å². The van der Waals surface area contributed by atoms with Gasteiger partial charge in [0.25, 0.3) is 0 Å². The minimum atomic E-state index is -0.822. The zero-order chi connectivity index (χ0) is 16.0. The van der Waals surface area contributed by atoms with Crippen LogP contribution in [-0.4, -0.2) is 58.3 Å². The van der Waals surface area contributed by atoms with Gasteiger partial charge in [-0.1, -0.05) is 0 Å². The van der Waals surface area contributed by atoms with Crippen LogP contribution in [0, 0.1) is 0 Å². The summed E-state index contributed by atoms with van der Waals surface area (Å²) in [4.78, 5) is 20.4. The minimum absolute atomic E-state index is 0. The second-order valence-electron chi connectivity index (χ2n) is 4.64. The summed E-state index contributed by atoms with van der Waals surface area (Å²) in [5, 5.41) is 16.8. The zero-order valence-electron chi connectivity index (χ0n) is 13.0. The molecule has 0 aromatic carbocycles. The summed E-state index contributed by atoms with van der Waals surface area (Å²) in [7, 11) is 0. The van der Waals surface area contributed by atoms with E-state index < -0.39 is 24.0 Å². The van der Waals surface area contributed by atoms with E-state index in [1.165, 1.54) is 0 Å². The first-order valence-electron chi connectivity index (χ1n) is 6.88. The largest absolute Gasteiger partial charge is 0.870 e. The van der Waals surface area contributed by atoms with Crippen LogP contribution < -0.4 is 22.9 Å². The van der Waals surface area contributed by atoms with Gasteiger partial charge in [-0.3, -0.25) is 0 Å². The second kappa shape index (κ2) is 19.7. The highest BCUT2D eigenvalue weighted by Crippen LogP contribution is 1.96. The molecule has 0 aliphatic heterocycles. The van der Waals surface area contributed by atoms with Crippen molar-refractivity contribution in [3.05, 3.63) is 0 Å². The Kier molecular flexibility index (Phi) is 25.8. The Morgan fingerprint density at radius 3 is 1.23 bits per heavy atom. The first-order valence-corrected chi connectivity index (χ1v) is 6.88. The predicted molar refractivity (Wildman–Crippen MR) is 78.3 cm³/mol. The molecular formula is C12H32N4O6. The van der Waals surface area contributed by atoms with Crippen molar-refractivity contribution in [1.29, 1.82) is 0 Å². The van der Waals surface area contributed by atoms with E-state index in [4.69, 9.17) is 21.7 Å². The number of rotatable bonds is 10. The van der Waals surface area contributed by atoms with Crippen molar-refractivity contribution < 1.29 is 42.2 Å². The maximum Gasteiger partial charge on any atom is 0.362 e. The first-order chi connectivity index (χ1) is 9.36. The first kappa shape index (κ1) is 28.8. The Bertz CT molecular complexity index is 242. The fourth-order valence-electron chi connectivity index (χ4n) is 1.32. The highest BCUT2D eigenvalue weighted by Gasteiger charge is 2.14. The van der Waals surface area contributed by atoms with Crippen LogP contribution in [0.2, 0.25) is 0 Å². The van der Waals surface area contributed by atoms with Gasteiger partial charge in [0.05, 0.1) is 0 Å². The normalized spacial score (nSPS) is 11.8. The number of carboxylic acids is 2. The van der Waals surface area contributed by atoms with E-state index in [1.807, 2.05) is 0 Å². The van der Waals surface area contributed by atoms with Crippen molar-refractivity contribution in [2.45, 2.75) is 50.6 Å². The molecule has 0 spiro atoms. The molecule has 0 aliphatic carbocycles. The van der Waals surface area contributed by atoms with Crippen molar-refractivity contribution in [2.75, 3.05) is 13.1 Å². The van der Waals surface area contributed by atoms with E-state index in [9.17, 15) is 9.59 Å². The number of hydrogen-bond acceptors (Lipinski definition) is 6. The second-order valence-corrected chi connectivity index (χ2v) is 4.64. The lowest BCUT2D eigenvalue weighted by molar-refractivity contribution is -0.409. The highest BCUT2D eigenvalue weighted by molar-refractivity contribution is 5.71. The van der Waals surface area contributed by atoms with E-state index in [1.54, 1.807) is 0 Å². The Morgan fingerprint density at radius 2 is 1.05 bits per heavy atom. The molecule has 0 saturated carbocycles. The Hall–Kier alpha value is -1.30. The maximum atomic E-state index is 10.2. The smallest absolute Gasteiger partial charge is 0.362 e. The summed E-state index contributed by atoms with van der Waals surface area (Å²) in [5.41, 5.74) is 17.4. The summed E-state index contributed by atoms with van der Waals surface area (Å²) < 4.78 is 0. The summed E-state index contributed by atoms with van der Waals surface area (Å²) in [6.07, 6.45) is 4.76. The van der Waals surface area contributed by atoms with Crippen molar-refractivity contribution in [2.24, 2.45) is 11.5 Å². The lowest BCUT2D eigenvalue weighted by Crippen LogP contribution is -2.64. The molecule has 0 radical (unpaired) electrons. The fraction of sp³-hybridized carbons (Fsp3) is 0.833. The lowest BCUT2D eigenvalue weighted by Gasteiger charge is -2.00. The number of aliphatic carboxylic acids is 2. The van der Waals surface area contributed by atoms with Gasteiger partial charge in [0, 0.05) is 12.8 Å². The van der Waals surface area contributed by atoms with Gasteiger partial charge in [0.2, 0.25) is 0 Å². The van der Waals surface area contributed by atoms with Gasteiger partial charge < -0.3 is 44.1 Å². The van der Waals surface area contributed by atoms with Crippen molar-refractivity contribution >= 4 is 11.9 Å². The Morgan fingerprint density at radius 1 is 0.773 bits per heavy atom. The van der Waals surface area contributed by atoms with Gasteiger partial charge in [0.15, 0.2) is 12.1 Å². The molecule has 0 amide bonds. The van der Waals surface area contributed by atoms with Crippen LogP contribution in [0.1, 0.15) is 38.5 Å². The molecule has 136 valence electrons. The summed E-state index contributed by atoms with van der Waals surface area (Å²) in [5.74, 6) is -1.64. The number of quaternary nitrogens is 2. The quantitative estimate of drug-likeness (QED) is 0.229. The van der Waals surface area contributed by atoms with E-state index in [0.717, 1.165) is 25.7 Å². The molecule has 0 aliphatic rings. The van der Waals surface area contributed by atoms with Crippen LogP contribution in [0.15, 0.2) is 0 Å². The van der Waals surface area contributed by atoms with Gasteiger partial charge in [-0.25, -0.2) is 9.59 Å². The lowest BCUT2D eigenvalue weighted by atomic mass is 10.1. The zero-order valence-corrected chi connectivity index (χ0v) is 13.0. The molecule has 2 atom stereocenters. The molecule has 0 fully saturated rings. The average Bonchev–Trinajstić information content (AvgIpc) is 2.39. The molecule has 0 unspecified atom stereocenters. The molecular weight excluding hydrogens is 296 g/mol. The molecule has 0 aromatic rings. The number of nitrogens with two attached hydrogens (primary N) is 2. The summed E-state index contributed by atoms with van der Waals surface area (Å²) >= 11 is 0. The molecule has 10 heteroatoms. The molecule has 10 nitrogen and oxygen atoms in total. The number of carbonyl (C=O) groups is 2. The molecule has 0 bridgehead atoms. The minimum Gasteiger partial charge on any atom is -0.870 e. The summed E-state index contributed by atoms with van der Waals surface area (Å²) in [6, 6.07) is -0.932. The van der Waals surface area contributed by atoms with Gasteiger partial charge >= 0.3 is 11.9 Å². The Labute approximate surface area is 130 Å². The van der Waals surface area contributed by atoms with Crippen molar-refractivity contribution in [3.8, 4) is 0 Å². The molecule has 0 rings (SSSR count). The van der Waals surface area contributed by atoms with Gasteiger partial charge in [-0.15, -0.1) is 0 Å². The monoisotopic (exact) mass is 328 g/mol. The van der Waals surface area contributed by atoms with Crippen LogP contribution in [0.4, 0.5) is 0 Å². The summed E-state index contributed by atoms with van der Waals surface area (Å²) in [6.45, 7) is 1.26.